The van der Waals surface area contributed by atoms with E-state index in [0.717, 1.165) is 52.3 Å². The molecule has 0 amide bonds. The van der Waals surface area contributed by atoms with E-state index in [2.05, 4.69) is 75.9 Å². The number of ether oxygens (including phenoxy) is 3. The highest BCUT2D eigenvalue weighted by Crippen LogP contribution is 2.45. The normalized spacial score (nSPS) is 11.2. The van der Waals surface area contributed by atoms with E-state index in [1.54, 1.807) is 13.0 Å². The van der Waals surface area contributed by atoms with Crippen LogP contribution in [0.3, 0.4) is 0 Å². The van der Waals surface area contributed by atoms with Crippen molar-refractivity contribution in [1.29, 1.82) is 0 Å². The average Bonchev–Trinajstić information content (AvgIpc) is 2.91. The Morgan fingerprint density at radius 2 is 1.46 bits per heavy atom. The van der Waals surface area contributed by atoms with Crippen molar-refractivity contribution in [2.24, 2.45) is 0 Å². The molecule has 0 aliphatic rings. The summed E-state index contributed by atoms with van der Waals surface area (Å²) in [6.45, 7) is 16.6. The maximum Gasteiger partial charge on any atom is 0.338 e. The van der Waals surface area contributed by atoms with Gasteiger partial charge in [-0.25, -0.2) is 4.79 Å². The van der Waals surface area contributed by atoms with E-state index in [4.69, 9.17) is 14.2 Å². The molecule has 6 nitrogen and oxygen atoms in total. The summed E-state index contributed by atoms with van der Waals surface area (Å²) in [4.78, 5) is 25.9. The van der Waals surface area contributed by atoms with Crippen LogP contribution in [0.25, 0.3) is 22.3 Å². The second-order valence-electron chi connectivity index (χ2n) is 10.3. The van der Waals surface area contributed by atoms with Crippen molar-refractivity contribution in [3.8, 4) is 28.0 Å². The Kier molecular flexibility index (Phi) is 10.2. The second-order valence-corrected chi connectivity index (χ2v) is 10.3. The Morgan fingerprint density at radius 3 is 2.05 bits per heavy atom. The van der Waals surface area contributed by atoms with Crippen LogP contribution >= 0.6 is 0 Å². The van der Waals surface area contributed by atoms with Gasteiger partial charge in [-0.3, -0.25) is 4.79 Å². The van der Waals surface area contributed by atoms with Crippen LogP contribution in [0.4, 0.5) is 5.69 Å². The lowest BCUT2D eigenvalue weighted by Crippen LogP contribution is -2.27. The van der Waals surface area contributed by atoms with Crippen LogP contribution in [0.15, 0.2) is 60.7 Å². The van der Waals surface area contributed by atoms with Gasteiger partial charge in [-0.1, -0.05) is 57.2 Å². The van der Waals surface area contributed by atoms with Gasteiger partial charge in [-0.15, -0.1) is 0 Å². The van der Waals surface area contributed by atoms with Gasteiger partial charge in [0, 0.05) is 36.8 Å². The molecule has 0 N–H and O–H groups in total. The Morgan fingerprint density at radius 1 is 0.795 bits per heavy atom. The van der Waals surface area contributed by atoms with Crippen LogP contribution in [0.5, 0.6) is 5.75 Å². The van der Waals surface area contributed by atoms with E-state index in [1.165, 1.54) is 6.92 Å². The van der Waals surface area contributed by atoms with Gasteiger partial charge in [0.05, 0.1) is 12.2 Å². The molecule has 0 unspecified atom stereocenters. The highest BCUT2D eigenvalue weighted by atomic mass is 16.6. The summed E-state index contributed by atoms with van der Waals surface area (Å²) in [6, 6.07) is 20.0. The van der Waals surface area contributed by atoms with E-state index in [-0.39, 0.29) is 30.6 Å². The topological polar surface area (TPSA) is 65.1 Å². The first-order valence-electron chi connectivity index (χ1n) is 13.7. The van der Waals surface area contributed by atoms with Gasteiger partial charge in [-0.2, -0.15) is 0 Å². The van der Waals surface area contributed by atoms with Crippen LogP contribution in [-0.4, -0.2) is 44.8 Å². The molecular weight excluding hydrogens is 490 g/mol. The van der Waals surface area contributed by atoms with Crippen LogP contribution < -0.4 is 9.64 Å². The molecule has 0 aromatic heterocycles. The quantitative estimate of drug-likeness (QED) is 0.191. The van der Waals surface area contributed by atoms with E-state index in [1.807, 2.05) is 18.2 Å². The Labute approximate surface area is 232 Å². The molecule has 208 valence electrons. The van der Waals surface area contributed by atoms with Crippen LogP contribution in [-0.2, 0) is 19.7 Å². The zero-order chi connectivity index (χ0) is 28.6. The third-order valence-electron chi connectivity index (χ3n) is 6.53. The van der Waals surface area contributed by atoms with Crippen molar-refractivity contribution in [2.45, 2.75) is 53.9 Å². The van der Waals surface area contributed by atoms with Crippen LogP contribution in [0.2, 0.25) is 0 Å². The number of nitrogens with zero attached hydrogens (tertiary/aromatic N) is 1. The summed E-state index contributed by atoms with van der Waals surface area (Å²) >= 11 is 0. The van der Waals surface area contributed by atoms with Gasteiger partial charge in [0.2, 0.25) is 0 Å². The molecule has 0 fully saturated rings. The highest BCUT2D eigenvalue weighted by molar-refractivity contribution is 5.91. The fraction of sp³-hybridized carbons (Fsp3) is 0.394. The summed E-state index contributed by atoms with van der Waals surface area (Å²) in [5, 5.41) is 0. The standard InChI is InChI=1S/C33H41NO5/c1-8-34(9-2)29-19-18-28(31(30(29)33(5,6)7)39-21-20-38-23(4)35)25-16-14-24(15-17-25)26-12-11-13-27(22-26)32(36)37-10-3/h11-19,22H,8-10,20-21H2,1-7H3. The summed E-state index contributed by atoms with van der Waals surface area (Å²) in [7, 11) is 0. The summed E-state index contributed by atoms with van der Waals surface area (Å²) in [6.07, 6.45) is 0. The molecule has 39 heavy (non-hydrogen) atoms. The summed E-state index contributed by atoms with van der Waals surface area (Å²) in [5.74, 6) is 0.153. The van der Waals surface area contributed by atoms with E-state index >= 15 is 0 Å². The lowest BCUT2D eigenvalue weighted by Gasteiger charge is -2.33. The lowest BCUT2D eigenvalue weighted by molar-refractivity contribution is -0.141. The molecule has 0 aliphatic heterocycles. The molecular formula is C33H41NO5. The maximum atomic E-state index is 12.2. The number of rotatable bonds is 11. The molecule has 3 aromatic carbocycles. The third-order valence-corrected chi connectivity index (χ3v) is 6.53. The van der Waals surface area contributed by atoms with Crippen molar-refractivity contribution in [2.75, 3.05) is 37.8 Å². The van der Waals surface area contributed by atoms with Crippen LogP contribution in [0.1, 0.15) is 64.4 Å². The molecule has 3 aromatic rings. The van der Waals surface area contributed by atoms with Crippen molar-refractivity contribution in [1.82, 2.24) is 0 Å². The van der Waals surface area contributed by atoms with E-state index < -0.39 is 0 Å². The maximum absolute atomic E-state index is 12.2. The molecule has 0 aliphatic carbocycles. The van der Waals surface area contributed by atoms with Gasteiger partial charge in [-0.05, 0) is 67.1 Å². The molecule has 0 saturated carbocycles. The first-order chi connectivity index (χ1) is 18.6. The van der Waals surface area contributed by atoms with Crippen molar-refractivity contribution < 1.29 is 23.8 Å². The zero-order valence-corrected chi connectivity index (χ0v) is 24.3. The Balaban J connectivity index is 2.07. The number of carbonyl (C=O) groups is 2. The predicted octanol–water partition coefficient (Wildman–Crippen LogP) is 7.28. The first kappa shape index (κ1) is 29.8. The summed E-state index contributed by atoms with van der Waals surface area (Å²) in [5.41, 5.74) is 6.53. The number of carbonyl (C=O) groups excluding carboxylic acids is 2. The average molecular weight is 532 g/mol. The van der Waals surface area contributed by atoms with Crippen molar-refractivity contribution in [3.63, 3.8) is 0 Å². The smallest absolute Gasteiger partial charge is 0.338 e. The molecule has 6 heteroatoms. The number of esters is 2. The molecule has 0 atom stereocenters. The zero-order valence-electron chi connectivity index (χ0n) is 24.3. The number of benzene rings is 3. The first-order valence-corrected chi connectivity index (χ1v) is 13.7. The van der Waals surface area contributed by atoms with Gasteiger partial charge in [0.25, 0.3) is 0 Å². The van der Waals surface area contributed by atoms with Crippen LogP contribution in [0, 0.1) is 0 Å². The second kappa shape index (κ2) is 13.3. The van der Waals surface area contributed by atoms with Crippen molar-refractivity contribution >= 4 is 17.6 Å². The molecule has 0 spiro atoms. The molecule has 0 saturated heterocycles. The Hall–Kier alpha value is -3.80. The monoisotopic (exact) mass is 531 g/mol. The number of anilines is 1. The minimum Gasteiger partial charge on any atom is -0.489 e. The van der Waals surface area contributed by atoms with Gasteiger partial charge in [0.15, 0.2) is 0 Å². The SMILES string of the molecule is CCOC(=O)c1cccc(-c2ccc(-c3ccc(N(CC)CC)c(C(C)(C)C)c3OCCOC(C)=O)cc2)c1. The molecule has 3 rings (SSSR count). The minimum atomic E-state index is -0.325. The summed E-state index contributed by atoms with van der Waals surface area (Å²) < 4.78 is 16.7. The number of hydrogen-bond donors (Lipinski definition) is 0. The minimum absolute atomic E-state index is 0.184. The fourth-order valence-electron chi connectivity index (χ4n) is 4.71. The van der Waals surface area contributed by atoms with E-state index in [0.29, 0.717) is 12.2 Å². The third kappa shape index (κ3) is 7.41. The van der Waals surface area contributed by atoms with Crippen molar-refractivity contribution in [3.05, 3.63) is 71.8 Å². The largest absolute Gasteiger partial charge is 0.489 e. The van der Waals surface area contributed by atoms with Gasteiger partial charge in [0.1, 0.15) is 19.0 Å². The molecule has 0 heterocycles. The number of hydrogen-bond acceptors (Lipinski definition) is 6. The molecule has 0 radical (unpaired) electrons. The van der Waals surface area contributed by atoms with Gasteiger partial charge < -0.3 is 19.1 Å². The van der Waals surface area contributed by atoms with Gasteiger partial charge >= 0.3 is 11.9 Å². The molecule has 0 bridgehead atoms. The highest BCUT2D eigenvalue weighted by Gasteiger charge is 2.28. The fourth-order valence-corrected chi connectivity index (χ4v) is 4.71. The predicted molar refractivity (Wildman–Crippen MR) is 158 cm³/mol. The lowest BCUT2D eigenvalue weighted by atomic mass is 9.82. The Bertz CT molecular complexity index is 1270. The van der Waals surface area contributed by atoms with E-state index in [9.17, 15) is 9.59 Å².